The third kappa shape index (κ3) is 2.93. The highest BCUT2D eigenvalue weighted by Gasteiger charge is 2.23. The Labute approximate surface area is 122 Å². The van der Waals surface area contributed by atoms with Crippen molar-refractivity contribution in [2.45, 2.75) is 12.5 Å². The Morgan fingerprint density at radius 1 is 1.10 bits per heavy atom. The topological polar surface area (TPSA) is 64.4 Å². The van der Waals surface area contributed by atoms with Crippen molar-refractivity contribution in [2.24, 2.45) is 0 Å². The molecule has 5 heteroatoms. The van der Waals surface area contributed by atoms with E-state index in [9.17, 15) is 10.1 Å². The van der Waals surface area contributed by atoms with Crippen molar-refractivity contribution in [2.75, 3.05) is 0 Å². The molecule has 3 rings (SSSR count). The van der Waals surface area contributed by atoms with E-state index in [-0.39, 0.29) is 16.7 Å². The van der Waals surface area contributed by atoms with Gasteiger partial charge in [0, 0.05) is 12.5 Å². The summed E-state index contributed by atoms with van der Waals surface area (Å²) in [6, 6.07) is 16.6. The number of nitro groups is 1. The number of benzene rings is 2. The number of nitro benzene ring substituents is 1. The van der Waals surface area contributed by atoms with Gasteiger partial charge in [-0.2, -0.15) is 0 Å². The predicted molar refractivity (Wildman–Crippen MR) is 79.2 cm³/mol. The summed E-state index contributed by atoms with van der Waals surface area (Å²) in [5, 5.41) is 11.1. The van der Waals surface area contributed by atoms with Gasteiger partial charge in [-0.3, -0.25) is 20.4 Å². The highest BCUT2D eigenvalue weighted by Crippen LogP contribution is 2.27. The van der Waals surface area contributed by atoms with Gasteiger partial charge >= 0.3 is 0 Å². The van der Waals surface area contributed by atoms with E-state index < -0.39 is 0 Å². The number of nitrogens with zero attached hydrogens (tertiary/aromatic N) is 1. The molecule has 0 spiro atoms. The molecule has 1 aliphatic rings. The molecule has 1 aliphatic heterocycles. The van der Waals surface area contributed by atoms with Crippen LogP contribution in [-0.4, -0.2) is 11.0 Å². The van der Waals surface area contributed by atoms with Crippen molar-refractivity contribution in [3.63, 3.8) is 0 Å². The van der Waals surface area contributed by atoms with Crippen LogP contribution in [0.3, 0.4) is 0 Å². The fourth-order valence-electron chi connectivity index (χ4n) is 2.35. The first-order valence-electron chi connectivity index (χ1n) is 6.65. The normalized spacial score (nSPS) is 17.1. The van der Waals surface area contributed by atoms with Crippen LogP contribution in [0, 0.1) is 10.1 Å². The van der Waals surface area contributed by atoms with Crippen molar-refractivity contribution in [3.8, 4) is 0 Å². The zero-order chi connectivity index (χ0) is 14.7. The third-order valence-electron chi connectivity index (χ3n) is 3.34. The van der Waals surface area contributed by atoms with E-state index in [1.54, 1.807) is 18.2 Å². The summed E-state index contributed by atoms with van der Waals surface area (Å²) >= 11 is 0. The second kappa shape index (κ2) is 5.76. The number of para-hydroxylation sites is 1. The number of rotatable bonds is 4. The molecule has 1 unspecified atom stereocenters. The Bertz CT molecular complexity index is 683. The highest BCUT2D eigenvalue weighted by molar-refractivity contribution is 5.72. The molecule has 1 N–H and O–H groups in total. The average molecular weight is 282 g/mol. The van der Waals surface area contributed by atoms with Gasteiger partial charge < -0.3 is 0 Å². The lowest BCUT2D eigenvalue weighted by Gasteiger charge is -2.07. The van der Waals surface area contributed by atoms with Crippen molar-refractivity contribution < 1.29 is 9.76 Å². The highest BCUT2D eigenvalue weighted by atomic mass is 16.7. The molecular weight excluding hydrogens is 268 g/mol. The summed E-state index contributed by atoms with van der Waals surface area (Å²) in [4.78, 5) is 16.2. The summed E-state index contributed by atoms with van der Waals surface area (Å²) in [7, 11) is 0. The van der Waals surface area contributed by atoms with Crippen LogP contribution in [0.4, 0.5) is 5.69 Å². The van der Waals surface area contributed by atoms with E-state index in [2.05, 4.69) is 5.48 Å². The summed E-state index contributed by atoms with van der Waals surface area (Å²) in [5.74, 6) is 0. The van der Waals surface area contributed by atoms with Gasteiger partial charge in [0.2, 0.25) is 0 Å². The number of hydrogen-bond acceptors (Lipinski definition) is 4. The fourth-order valence-corrected chi connectivity index (χ4v) is 2.35. The fraction of sp³-hybridized carbons (Fsp3) is 0.125. The molecule has 1 atom stereocenters. The molecule has 0 radical (unpaired) electrons. The third-order valence-corrected chi connectivity index (χ3v) is 3.34. The Morgan fingerprint density at radius 2 is 1.81 bits per heavy atom. The van der Waals surface area contributed by atoms with Gasteiger partial charge in [-0.1, -0.05) is 42.5 Å². The van der Waals surface area contributed by atoms with Crippen LogP contribution in [0.2, 0.25) is 0 Å². The van der Waals surface area contributed by atoms with Crippen molar-refractivity contribution >= 4 is 11.4 Å². The van der Waals surface area contributed by atoms with E-state index in [1.165, 1.54) is 6.07 Å². The van der Waals surface area contributed by atoms with Crippen LogP contribution in [0.5, 0.6) is 0 Å². The molecule has 106 valence electrons. The van der Waals surface area contributed by atoms with Gasteiger partial charge in [-0.15, -0.1) is 0 Å². The van der Waals surface area contributed by atoms with Gasteiger partial charge in [0.1, 0.15) is 6.10 Å². The average Bonchev–Trinajstić information content (AvgIpc) is 2.96. The SMILES string of the molecule is O=[N+]([O-])c1ccccc1C1=CC(Cc2ccccc2)ON1. The lowest BCUT2D eigenvalue weighted by atomic mass is 10.1. The first-order valence-corrected chi connectivity index (χ1v) is 6.65. The van der Waals surface area contributed by atoms with Crippen molar-refractivity contribution in [3.05, 3.63) is 81.9 Å². The van der Waals surface area contributed by atoms with E-state index >= 15 is 0 Å². The minimum absolute atomic E-state index is 0.0696. The quantitative estimate of drug-likeness (QED) is 0.691. The molecule has 0 saturated carbocycles. The number of nitrogens with one attached hydrogen (secondary N) is 1. The minimum Gasteiger partial charge on any atom is -0.268 e. The van der Waals surface area contributed by atoms with Gasteiger partial charge in [-0.25, -0.2) is 0 Å². The van der Waals surface area contributed by atoms with Crippen LogP contribution in [0.25, 0.3) is 5.70 Å². The first kappa shape index (κ1) is 13.3. The summed E-state index contributed by atoms with van der Waals surface area (Å²) in [6.07, 6.45) is 2.47. The lowest BCUT2D eigenvalue weighted by molar-refractivity contribution is -0.385. The molecule has 5 nitrogen and oxygen atoms in total. The molecule has 0 amide bonds. The van der Waals surface area contributed by atoms with E-state index in [4.69, 9.17) is 4.84 Å². The van der Waals surface area contributed by atoms with Gasteiger partial charge in [0.15, 0.2) is 0 Å². The van der Waals surface area contributed by atoms with E-state index in [0.29, 0.717) is 11.3 Å². The monoisotopic (exact) mass is 282 g/mol. The Balaban J connectivity index is 1.82. The van der Waals surface area contributed by atoms with Crippen LogP contribution in [-0.2, 0) is 11.3 Å². The molecule has 0 aliphatic carbocycles. The first-order chi connectivity index (χ1) is 10.2. The molecule has 0 fully saturated rings. The second-order valence-corrected chi connectivity index (χ2v) is 4.80. The van der Waals surface area contributed by atoms with E-state index in [0.717, 1.165) is 12.0 Å². The van der Waals surface area contributed by atoms with Gasteiger partial charge in [0.25, 0.3) is 5.69 Å². The van der Waals surface area contributed by atoms with Crippen molar-refractivity contribution in [1.29, 1.82) is 0 Å². The van der Waals surface area contributed by atoms with Crippen LogP contribution < -0.4 is 5.48 Å². The van der Waals surface area contributed by atoms with Crippen LogP contribution in [0.1, 0.15) is 11.1 Å². The molecule has 0 aromatic heterocycles. The largest absolute Gasteiger partial charge is 0.278 e. The van der Waals surface area contributed by atoms with Gasteiger partial charge in [0.05, 0.1) is 16.2 Å². The standard InChI is InChI=1S/C16H14N2O3/c19-18(20)16-9-5-4-8-14(16)15-11-13(21-17-15)10-12-6-2-1-3-7-12/h1-9,11,13,17H,10H2. The maximum atomic E-state index is 11.1. The molecule has 1 heterocycles. The molecular formula is C16H14N2O3. The minimum atomic E-state index is -0.387. The van der Waals surface area contributed by atoms with Crippen LogP contribution >= 0.6 is 0 Å². The predicted octanol–water partition coefficient (Wildman–Crippen LogP) is 3.08. The Morgan fingerprint density at radius 3 is 2.57 bits per heavy atom. The molecule has 0 saturated heterocycles. The zero-order valence-electron chi connectivity index (χ0n) is 11.2. The Kier molecular flexibility index (Phi) is 3.66. The van der Waals surface area contributed by atoms with Crippen molar-refractivity contribution in [1.82, 2.24) is 5.48 Å². The maximum absolute atomic E-state index is 11.1. The van der Waals surface area contributed by atoms with Gasteiger partial charge in [-0.05, 0) is 17.7 Å². The molecule has 21 heavy (non-hydrogen) atoms. The number of hydroxylamine groups is 1. The smallest absolute Gasteiger partial charge is 0.268 e. The van der Waals surface area contributed by atoms with E-state index in [1.807, 2.05) is 36.4 Å². The maximum Gasteiger partial charge on any atom is 0.278 e. The van der Waals surface area contributed by atoms with Crippen LogP contribution in [0.15, 0.2) is 60.7 Å². The summed E-state index contributed by atoms with van der Waals surface area (Å²) < 4.78 is 0. The molecule has 0 bridgehead atoms. The molecule has 2 aromatic carbocycles. The molecule has 2 aromatic rings. The lowest BCUT2D eigenvalue weighted by Crippen LogP contribution is -2.14. The zero-order valence-corrected chi connectivity index (χ0v) is 11.2. The summed E-state index contributed by atoms with van der Waals surface area (Å²) in [5.41, 5.74) is 5.20. The second-order valence-electron chi connectivity index (χ2n) is 4.80. The number of hydrogen-bond donors (Lipinski definition) is 1. The summed E-state index contributed by atoms with van der Waals surface area (Å²) in [6.45, 7) is 0. The Hall–Kier alpha value is -2.66.